The third kappa shape index (κ3) is 8.54. The van der Waals surface area contributed by atoms with Gasteiger partial charge in [-0.15, -0.1) is 0 Å². The molecular weight excluding hydrogens is 706 g/mol. The van der Waals surface area contributed by atoms with Crippen LogP contribution >= 0.6 is 0 Å². The van der Waals surface area contributed by atoms with Crippen LogP contribution in [0.25, 0.3) is 11.2 Å². The van der Waals surface area contributed by atoms with Gasteiger partial charge in [-0.3, -0.25) is 14.2 Å². The maximum absolute atomic E-state index is 14.9. The van der Waals surface area contributed by atoms with E-state index in [1.807, 2.05) is 40.7 Å². The Bertz CT molecular complexity index is 2080. The van der Waals surface area contributed by atoms with Crippen LogP contribution in [0, 0.1) is 26.8 Å². The molecule has 3 aromatic heterocycles. The van der Waals surface area contributed by atoms with E-state index in [9.17, 15) is 18.8 Å². The first-order valence-electron chi connectivity index (χ1n) is 17.5. The average molecular weight is 756 g/mol. The number of aromatic nitrogens is 4. The molecule has 0 saturated carbocycles. The van der Waals surface area contributed by atoms with Crippen molar-refractivity contribution in [1.82, 2.24) is 19.5 Å². The summed E-state index contributed by atoms with van der Waals surface area (Å²) in [5.41, 5.74) is 1.05. The highest BCUT2D eigenvalue weighted by molar-refractivity contribution is 6.74. The minimum atomic E-state index is -2.28. The fourth-order valence-corrected chi connectivity index (χ4v) is 7.56. The number of hydrogen-bond donors (Lipinski definition) is 1. The minimum absolute atomic E-state index is 0.0162. The highest BCUT2D eigenvalue weighted by Gasteiger charge is 2.51. The monoisotopic (exact) mass is 755 g/mol. The molecule has 0 spiro atoms. The lowest BCUT2D eigenvalue weighted by Crippen LogP contribution is -2.49. The molecule has 1 fully saturated rings. The number of halogens is 1. The topological polar surface area (TPSA) is 170 Å². The smallest absolute Gasteiger partial charge is 0.459 e. The Balaban J connectivity index is 1.44. The van der Waals surface area contributed by atoms with Crippen molar-refractivity contribution in [3.63, 3.8) is 0 Å². The van der Waals surface area contributed by atoms with Crippen molar-refractivity contribution in [3.8, 4) is 5.75 Å². The van der Waals surface area contributed by atoms with Crippen LogP contribution in [0.15, 0.2) is 32.1 Å². The van der Waals surface area contributed by atoms with Crippen LogP contribution < -0.4 is 15.9 Å². The second-order valence-electron chi connectivity index (χ2n) is 16.2. The molecule has 0 bridgehead atoms. The summed E-state index contributed by atoms with van der Waals surface area (Å²) < 4.78 is 51.6. The molecule has 4 aromatic rings. The first-order chi connectivity index (χ1) is 24.5. The van der Waals surface area contributed by atoms with E-state index in [4.69, 9.17) is 27.5 Å². The fourth-order valence-electron chi connectivity index (χ4n) is 6.48. The van der Waals surface area contributed by atoms with Crippen LogP contribution in [0.1, 0.15) is 95.7 Å². The van der Waals surface area contributed by atoms with E-state index in [2.05, 4.69) is 54.1 Å². The van der Waals surface area contributed by atoms with Crippen LogP contribution in [0.3, 0.4) is 0 Å². The number of imidazole rings is 1. The Morgan fingerprint density at radius 2 is 1.81 bits per heavy atom. The number of ether oxygens (including phenoxy) is 3. The Morgan fingerprint density at radius 1 is 1.11 bits per heavy atom. The molecule has 1 saturated heterocycles. The number of benzene rings is 1. The van der Waals surface area contributed by atoms with Crippen molar-refractivity contribution < 1.29 is 41.5 Å². The number of nitrogens with one attached hydrogen (secondary N) is 1. The second-order valence-corrected chi connectivity index (χ2v) is 21.0. The van der Waals surface area contributed by atoms with Gasteiger partial charge in [0.2, 0.25) is 0 Å². The standard InChI is InChI=1S/C37H50FN5O9Si/c1-20-13-21(2)29(24(14-20)49-23(4)44)36(8,9)16-28(45)51-26-15-27(52-37(26,10)18-47-53(11,12)35(5,6)7)43-19-40-30-31(41-33(38)42-32(30)43)39-17-25-22(3)48-34(46)50-25/h13-14,19,26-27H,15-18H2,1-12H3,(H,39,41,42)/t26-,27+,37+/m0/s1. The lowest BCUT2D eigenvalue weighted by atomic mass is 9.78. The Labute approximate surface area is 308 Å². The summed E-state index contributed by atoms with van der Waals surface area (Å²) in [5.74, 6) is -0.801. The predicted molar refractivity (Wildman–Crippen MR) is 196 cm³/mol. The van der Waals surface area contributed by atoms with Gasteiger partial charge in [0.25, 0.3) is 0 Å². The third-order valence-corrected chi connectivity index (χ3v) is 14.7. The van der Waals surface area contributed by atoms with Crippen LogP contribution in [0.4, 0.5) is 10.2 Å². The minimum Gasteiger partial charge on any atom is -0.459 e. The molecule has 0 radical (unpaired) electrons. The predicted octanol–water partition coefficient (Wildman–Crippen LogP) is 6.95. The largest absolute Gasteiger partial charge is 0.519 e. The number of nitrogens with zero attached hydrogens (tertiary/aromatic N) is 4. The molecule has 1 aliphatic heterocycles. The van der Waals surface area contributed by atoms with Crippen LogP contribution in [0.2, 0.25) is 18.1 Å². The number of rotatable bonds is 12. The molecule has 1 aliphatic rings. The van der Waals surface area contributed by atoms with Crippen LogP contribution in [-0.2, 0) is 35.4 Å². The molecule has 14 nitrogen and oxygen atoms in total. The lowest BCUT2D eigenvalue weighted by molar-refractivity contribution is -0.164. The molecule has 5 rings (SSSR count). The molecule has 16 heteroatoms. The summed E-state index contributed by atoms with van der Waals surface area (Å²) in [6.45, 7) is 23.2. The highest BCUT2D eigenvalue weighted by atomic mass is 28.4. The van der Waals surface area contributed by atoms with Gasteiger partial charge < -0.3 is 32.8 Å². The van der Waals surface area contributed by atoms with Gasteiger partial charge in [-0.2, -0.15) is 14.4 Å². The first-order valence-corrected chi connectivity index (χ1v) is 20.5. The number of fused-ring (bicyclic) bond motifs is 1. The molecule has 53 heavy (non-hydrogen) atoms. The highest BCUT2D eigenvalue weighted by Crippen LogP contribution is 2.44. The zero-order chi connectivity index (χ0) is 39.3. The maximum Gasteiger partial charge on any atom is 0.519 e. The summed E-state index contributed by atoms with van der Waals surface area (Å²) >= 11 is 0. The SMILES string of the molecule is CC(=O)Oc1cc(C)cc(C)c1C(C)(C)CC(=O)O[C@H]1C[C@H](n2cnc3c(NCc4oc(=O)oc4C)nc(F)nc32)O[C@]1(C)CO[Si](C)(C)C(C)(C)C. The van der Waals surface area contributed by atoms with Gasteiger partial charge in [-0.1, -0.05) is 40.7 Å². The Hall–Kier alpha value is -4.41. The van der Waals surface area contributed by atoms with Crippen LogP contribution in [-0.4, -0.2) is 58.1 Å². The van der Waals surface area contributed by atoms with E-state index in [-0.39, 0.29) is 59.5 Å². The molecule has 4 heterocycles. The number of carbonyl (C=O) groups is 2. The second kappa shape index (κ2) is 14.4. The van der Waals surface area contributed by atoms with Gasteiger partial charge in [0.1, 0.15) is 29.4 Å². The fraction of sp³-hybridized carbons (Fsp3) is 0.568. The number of anilines is 1. The third-order valence-electron chi connectivity index (χ3n) is 10.2. The summed E-state index contributed by atoms with van der Waals surface area (Å²) in [5, 5.41) is 2.85. The van der Waals surface area contributed by atoms with E-state index >= 15 is 0 Å². The van der Waals surface area contributed by atoms with Gasteiger partial charge in [0.15, 0.2) is 31.1 Å². The van der Waals surface area contributed by atoms with Gasteiger partial charge in [-0.05, 0) is 63.0 Å². The summed E-state index contributed by atoms with van der Waals surface area (Å²) in [4.78, 5) is 49.8. The zero-order valence-electron chi connectivity index (χ0n) is 32.6. The Morgan fingerprint density at radius 3 is 2.43 bits per heavy atom. The molecule has 1 aromatic carbocycles. The van der Waals surface area contributed by atoms with Gasteiger partial charge >= 0.3 is 23.8 Å². The molecule has 288 valence electrons. The van der Waals surface area contributed by atoms with Gasteiger partial charge in [0.05, 0.1) is 25.9 Å². The lowest BCUT2D eigenvalue weighted by Gasteiger charge is -2.40. The molecule has 0 unspecified atom stereocenters. The molecule has 3 atom stereocenters. The van der Waals surface area contributed by atoms with E-state index in [0.717, 1.165) is 16.7 Å². The van der Waals surface area contributed by atoms with Crippen molar-refractivity contribution in [1.29, 1.82) is 0 Å². The van der Waals surface area contributed by atoms with Gasteiger partial charge in [0, 0.05) is 24.3 Å². The van der Waals surface area contributed by atoms with Crippen molar-refractivity contribution in [2.75, 3.05) is 11.9 Å². The van der Waals surface area contributed by atoms with Crippen molar-refractivity contribution in [2.45, 2.75) is 130 Å². The molecule has 1 N–H and O–H groups in total. The summed E-state index contributed by atoms with van der Waals surface area (Å²) in [6.07, 6.45) is -0.934. The van der Waals surface area contributed by atoms with Crippen molar-refractivity contribution in [3.05, 3.63) is 63.4 Å². The normalized spacial score (nSPS) is 19.5. The van der Waals surface area contributed by atoms with E-state index in [0.29, 0.717) is 5.75 Å². The number of esters is 2. The average Bonchev–Trinajstić information content (AvgIpc) is 3.67. The van der Waals surface area contributed by atoms with Crippen LogP contribution in [0.5, 0.6) is 5.75 Å². The van der Waals surface area contributed by atoms with Crippen molar-refractivity contribution in [2.24, 2.45) is 0 Å². The molecule has 0 amide bonds. The first kappa shape index (κ1) is 39.8. The van der Waals surface area contributed by atoms with E-state index in [1.54, 1.807) is 17.6 Å². The molecular formula is C37H50FN5O9Si. The quantitative estimate of drug-likeness (QED) is 0.0682. The zero-order valence-corrected chi connectivity index (χ0v) is 33.6. The summed E-state index contributed by atoms with van der Waals surface area (Å²) in [6, 6.07) is 3.78. The number of hydrogen-bond acceptors (Lipinski definition) is 13. The van der Waals surface area contributed by atoms with Gasteiger partial charge in [-0.25, -0.2) is 9.78 Å². The Kier molecular flexibility index (Phi) is 10.8. The maximum atomic E-state index is 14.9. The summed E-state index contributed by atoms with van der Waals surface area (Å²) in [7, 11) is -2.28. The van der Waals surface area contributed by atoms with E-state index in [1.165, 1.54) is 13.3 Å². The number of aryl methyl sites for hydroxylation is 3. The number of carbonyl (C=O) groups excluding carboxylic acids is 2. The molecule has 0 aliphatic carbocycles. The van der Waals surface area contributed by atoms with Crippen molar-refractivity contribution >= 4 is 37.2 Å². The van der Waals surface area contributed by atoms with E-state index < -0.39 is 55.5 Å².